The minimum atomic E-state index is -3.89. The summed E-state index contributed by atoms with van der Waals surface area (Å²) in [5.41, 5.74) is 0.984. The van der Waals surface area contributed by atoms with E-state index in [-0.39, 0.29) is 26.6 Å². The number of pyridine rings is 1. The van der Waals surface area contributed by atoms with Gasteiger partial charge < -0.3 is 0 Å². The summed E-state index contributed by atoms with van der Waals surface area (Å²) in [5.74, 6) is 0. The molecule has 0 bridgehead atoms. The molecule has 0 saturated carbocycles. The summed E-state index contributed by atoms with van der Waals surface area (Å²) in [6.45, 7) is 3.43. The summed E-state index contributed by atoms with van der Waals surface area (Å²) in [5, 5.41) is 11.1. The first-order valence-corrected chi connectivity index (χ1v) is 8.68. The maximum Gasteiger partial charge on any atom is 0.306 e. The molecule has 0 N–H and O–H groups in total. The second-order valence-electron chi connectivity index (χ2n) is 5.32. The molecule has 9 heteroatoms. The van der Waals surface area contributed by atoms with Gasteiger partial charge in [-0.25, -0.2) is 17.4 Å². The Morgan fingerprint density at radius 2 is 1.83 bits per heavy atom. The molecule has 0 unspecified atom stereocenters. The van der Waals surface area contributed by atoms with Crippen LogP contribution in [0, 0.1) is 24.0 Å². The summed E-state index contributed by atoms with van der Waals surface area (Å²) in [6.07, 6.45) is 0.964. The number of halogens is 1. The molecule has 3 aromatic rings. The Morgan fingerprint density at radius 1 is 1.21 bits per heavy atom. The van der Waals surface area contributed by atoms with Gasteiger partial charge in [0.05, 0.1) is 9.82 Å². The highest BCUT2D eigenvalue weighted by Gasteiger charge is 2.26. The molecule has 0 aliphatic carbocycles. The van der Waals surface area contributed by atoms with Crippen molar-refractivity contribution >= 4 is 38.3 Å². The molecule has 2 heterocycles. The fraction of sp³-hybridized carbons (Fsp3) is 0.133. The summed E-state index contributed by atoms with van der Waals surface area (Å²) < 4.78 is 26.9. The van der Waals surface area contributed by atoms with Gasteiger partial charge in [-0.3, -0.25) is 10.1 Å². The van der Waals surface area contributed by atoms with Crippen LogP contribution in [0.15, 0.2) is 41.4 Å². The average molecular weight is 366 g/mol. The van der Waals surface area contributed by atoms with Gasteiger partial charge in [-0.15, -0.1) is 0 Å². The van der Waals surface area contributed by atoms with Crippen molar-refractivity contribution in [3.05, 3.63) is 62.9 Å². The molecule has 0 aliphatic heterocycles. The lowest BCUT2D eigenvalue weighted by Gasteiger charge is -2.09. The number of hydrogen-bond donors (Lipinski definition) is 0. The van der Waals surface area contributed by atoms with Gasteiger partial charge in [-0.2, -0.15) is 0 Å². The second-order valence-corrected chi connectivity index (χ2v) is 7.48. The zero-order valence-electron chi connectivity index (χ0n) is 12.7. The predicted molar refractivity (Wildman–Crippen MR) is 89.9 cm³/mol. The molecule has 2 aromatic heterocycles. The van der Waals surface area contributed by atoms with Crippen molar-refractivity contribution in [2.45, 2.75) is 18.7 Å². The lowest BCUT2D eigenvalue weighted by Crippen LogP contribution is -2.14. The van der Waals surface area contributed by atoms with Crippen LogP contribution < -0.4 is 0 Å². The molecule has 3 rings (SSSR count). The van der Waals surface area contributed by atoms with Gasteiger partial charge in [-0.05, 0) is 32.0 Å². The number of benzene rings is 1. The van der Waals surface area contributed by atoms with Crippen molar-refractivity contribution in [3.63, 3.8) is 0 Å². The standard InChI is InChI=1S/C15H12ClN3O4S/c1-9-3-5-11(6-4-9)24(22,23)18-10(2)7-12-14(16)13(19(20)21)8-17-15(12)18/h3-8H,1-2H3. The summed E-state index contributed by atoms with van der Waals surface area (Å²) in [6, 6.07) is 7.87. The van der Waals surface area contributed by atoms with Gasteiger partial charge in [0.15, 0.2) is 5.65 Å². The minimum Gasteiger partial charge on any atom is -0.258 e. The molecule has 7 nitrogen and oxygen atoms in total. The molecule has 0 radical (unpaired) electrons. The summed E-state index contributed by atoms with van der Waals surface area (Å²) in [7, 11) is -3.89. The van der Waals surface area contributed by atoms with Crippen LogP contribution in [0.3, 0.4) is 0 Å². The van der Waals surface area contributed by atoms with Gasteiger partial charge in [-0.1, -0.05) is 29.3 Å². The van der Waals surface area contributed by atoms with Gasteiger partial charge in [0.1, 0.15) is 11.2 Å². The van der Waals surface area contributed by atoms with Crippen molar-refractivity contribution in [3.8, 4) is 0 Å². The van der Waals surface area contributed by atoms with E-state index in [4.69, 9.17) is 11.6 Å². The molecule has 1 aromatic carbocycles. The van der Waals surface area contributed by atoms with Crippen LogP contribution in [0.4, 0.5) is 5.69 Å². The predicted octanol–water partition coefficient (Wildman–Crippen LogP) is 3.45. The Kier molecular flexibility index (Phi) is 3.81. The number of nitrogens with zero attached hydrogens (tertiary/aromatic N) is 3. The number of hydrogen-bond acceptors (Lipinski definition) is 5. The van der Waals surface area contributed by atoms with E-state index in [1.165, 1.54) is 18.2 Å². The number of nitro groups is 1. The molecular formula is C15H12ClN3O4S. The Morgan fingerprint density at radius 3 is 2.42 bits per heavy atom. The van der Waals surface area contributed by atoms with Crippen LogP contribution in [0.5, 0.6) is 0 Å². The summed E-state index contributed by atoms with van der Waals surface area (Å²) in [4.78, 5) is 14.4. The van der Waals surface area contributed by atoms with Crippen LogP contribution in [0.2, 0.25) is 5.02 Å². The maximum absolute atomic E-state index is 12.9. The highest BCUT2D eigenvalue weighted by atomic mass is 35.5. The molecule has 124 valence electrons. The van der Waals surface area contributed by atoms with E-state index < -0.39 is 14.9 Å². The zero-order valence-corrected chi connectivity index (χ0v) is 14.3. The lowest BCUT2D eigenvalue weighted by atomic mass is 10.2. The van der Waals surface area contributed by atoms with Crippen molar-refractivity contribution in [1.29, 1.82) is 0 Å². The lowest BCUT2D eigenvalue weighted by molar-refractivity contribution is -0.384. The fourth-order valence-electron chi connectivity index (χ4n) is 2.46. The third kappa shape index (κ3) is 2.44. The maximum atomic E-state index is 12.9. The smallest absolute Gasteiger partial charge is 0.258 e. The molecule has 0 aliphatic rings. The average Bonchev–Trinajstić information content (AvgIpc) is 2.85. The number of rotatable bonds is 3. The number of fused-ring (bicyclic) bond motifs is 1. The highest BCUT2D eigenvalue weighted by Crippen LogP contribution is 2.34. The van der Waals surface area contributed by atoms with Crippen LogP contribution in [0.25, 0.3) is 11.0 Å². The Balaban J connectivity index is 2.30. The SMILES string of the molecule is Cc1ccc(S(=O)(=O)n2c(C)cc3c(Cl)c([N+](=O)[O-])cnc32)cc1. The van der Waals surface area contributed by atoms with Crippen molar-refractivity contribution < 1.29 is 13.3 Å². The van der Waals surface area contributed by atoms with E-state index in [0.717, 1.165) is 15.7 Å². The first kappa shape index (κ1) is 16.4. The Labute approximate surface area is 142 Å². The Hall–Kier alpha value is -2.45. The zero-order chi connectivity index (χ0) is 17.6. The van der Waals surface area contributed by atoms with Crippen molar-refractivity contribution in [2.24, 2.45) is 0 Å². The van der Waals surface area contributed by atoms with Crippen LogP contribution in [-0.4, -0.2) is 22.3 Å². The number of aryl methyl sites for hydroxylation is 2. The van der Waals surface area contributed by atoms with E-state index in [0.29, 0.717) is 5.69 Å². The van der Waals surface area contributed by atoms with Crippen molar-refractivity contribution in [1.82, 2.24) is 8.96 Å². The second kappa shape index (κ2) is 5.57. The van der Waals surface area contributed by atoms with Crippen LogP contribution in [-0.2, 0) is 10.0 Å². The van der Waals surface area contributed by atoms with E-state index in [9.17, 15) is 18.5 Å². The largest absolute Gasteiger partial charge is 0.306 e. The third-order valence-corrected chi connectivity index (χ3v) is 5.84. The van der Waals surface area contributed by atoms with E-state index in [1.807, 2.05) is 6.92 Å². The first-order chi connectivity index (χ1) is 11.2. The molecule has 24 heavy (non-hydrogen) atoms. The van der Waals surface area contributed by atoms with Crippen LogP contribution >= 0.6 is 11.6 Å². The molecule has 0 fully saturated rings. The van der Waals surface area contributed by atoms with Gasteiger partial charge in [0.2, 0.25) is 0 Å². The summed E-state index contributed by atoms with van der Waals surface area (Å²) >= 11 is 6.05. The Bertz CT molecular complexity index is 1070. The third-order valence-electron chi connectivity index (χ3n) is 3.63. The van der Waals surface area contributed by atoms with E-state index >= 15 is 0 Å². The minimum absolute atomic E-state index is 0.0590. The molecule has 0 saturated heterocycles. The van der Waals surface area contributed by atoms with Crippen molar-refractivity contribution in [2.75, 3.05) is 0 Å². The quantitative estimate of drug-likeness (QED) is 0.523. The molecule has 0 amide bonds. The van der Waals surface area contributed by atoms with E-state index in [1.54, 1.807) is 19.1 Å². The highest BCUT2D eigenvalue weighted by molar-refractivity contribution is 7.90. The normalized spacial score (nSPS) is 11.8. The molecule has 0 spiro atoms. The monoisotopic (exact) mass is 365 g/mol. The van der Waals surface area contributed by atoms with E-state index in [2.05, 4.69) is 4.98 Å². The van der Waals surface area contributed by atoms with Gasteiger partial charge in [0, 0.05) is 11.1 Å². The topological polar surface area (TPSA) is 95.1 Å². The van der Waals surface area contributed by atoms with Gasteiger partial charge in [0.25, 0.3) is 10.0 Å². The number of aromatic nitrogens is 2. The van der Waals surface area contributed by atoms with Crippen LogP contribution in [0.1, 0.15) is 11.3 Å². The fourth-order valence-corrected chi connectivity index (χ4v) is 4.21. The molecular weight excluding hydrogens is 354 g/mol. The van der Waals surface area contributed by atoms with Gasteiger partial charge >= 0.3 is 5.69 Å². The molecule has 0 atom stereocenters. The first-order valence-electron chi connectivity index (χ1n) is 6.86.